The molecule has 1 aliphatic rings. The lowest BCUT2D eigenvalue weighted by atomic mass is 10.0. The number of pyridine rings is 1. The van der Waals surface area contributed by atoms with Crippen molar-refractivity contribution in [2.24, 2.45) is 5.92 Å². The highest BCUT2D eigenvalue weighted by atomic mass is 35.5. The molecule has 3 heterocycles. The van der Waals surface area contributed by atoms with Crippen molar-refractivity contribution in [2.75, 3.05) is 0 Å². The highest BCUT2D eigenvalue weighted by Gasteiger charge is 2.31. The van der Waals surface area contributed by atoms with Gasteiger partial charge in [-0.1, -0.05) is 45.6 Å². The molecule has 1 amide bonds. The molecule has 6 rings (SSSR count). The van der Waals surface area contributed by atoms with Gasteiger partial charge in [0.1, 0.15) is 39.5 Å². The van der Waals surface area contributed by atoms with Crippen molar-refractivity contribution in [1.29, 1.82) is 0 Å². The number of carbonyl (C=O) groups is 1. The minimum absolute atomic E-state index is 0.0230. The quantitative estimate of drug-likeness (QED) is 0.261. The Morgan fingerprint density at radius 2 is 1.79 bits per heavy atom. The van der Waals surface area contributed by atoms with Crippen LogP contribution in [0.3, 0.4) is 0 Å². The third-order valence-corrected chi connectivity index (χ3v) is 8.08. The molecule has 0 bridgehead atoms. The van der Waals surface area contributed by atoms with E-state index in [4.69, 9.17) is 32.2 Å². The molecule has 1 saturated carbocycles. The van der Waals surface area contributed by atoms with Gasteiger partial charge in [-0.15, -0.1) is 0 Å². The fourth-order valence-corrected chi connectivity index (χ4v) is 6.13. The molecule has 0 unspecified atom stereocenters. The lowest BCUT2D eigenvalue weighted by molar-refractivity contribution is 0.0936. The summed E-state index contributed by atoms with van der Waals surface area (Å²) in [7, 11) is 0. The van der Waals surface area contributed by atoms with Gasteiger partial charge in [0, 0.05) is 18.0 Å². The van der Waals surface area contributed by atoms with E-state index < -0.39 is 11.7 Å². The first kappa shape index (κ1) is 25.6. The van der Waals surface area contributed by atoms with Crippen LogP contribution in [0, 0.1) is 25.6 Å². The van der Waals surface area contributed by atoms with Crippen molar-refractivity contribution in [3.05, 3.63) is 79.7 Å². The van der Waals surface area contributed by atoms with Crippen LogP contribution < -0.4 is 10.9 Å². The van der Waals surface area contributed by atoms with Gasteiger partial charge in [-0.2, -0.15) is 0 Å². The highest BCUT2D eigenvalue weighted by molar-refractivity contribution is 6.37. The summed E-state index contributed by atoms with van der Waals surface area (Å²) < 4.78 is 26.9. The van der Waals surface area contributed by atoms with Crippen LogP contribution in [-0.4, -0.2) is 26.8 Å². The van der Waals surface area contributed by atoms with E-state index in [1.807, 2.05) is 6.07 Å². The van der Waals surface area contributed by atoms with Crippen molar-refractivity contribution in [2.45, 2.75) is 45.7 Å². The Hall–Kier alpha value is -3.69. The standard InChI is InChI=1S/C28H23Cl2FN4O4/c1-13-21(25(33-38-13)23-17(29)5-3-7-19(23)31)27(36)32-16-10-9-15(11-16)12-35-20-8-4-6-18(30)24(20)26-22(28(35)37)14(2)39-34-26/h3-8,15-16H,9-12H2,1-2H3,(H,32,36)/t15-,16+/m0/s1. The highest BCUT2D eigenvalue weighted by Crippen LogP contribution is 2.35. The zero-order chi connectivity index (χ0) is 27.4. The molecule has 11 heteroatoms. The number of hydrogen-bond donors (Lipinski definition) is 1. The first-order valence-electron chi connectivity index (χ1n) is 12.5. The van der Waals surface area contributed by atoms with Crippen LogP contribution in [0.25, 0.3) is 33.1 Å². The summed E-state index contributed by atoms with van der Waals surface area (Å²) in [6.45, 7) is 3.76. The number of nitrogens with one attached hydrogen (secondary N) is 1. The second-order valence-corrected chi connectivity index (χ2v) is 10.7. The van der Waals surface area contributed by atoms with Crippen molar-refractivity contribution >= 4 is 50.9 Å². The second kappa shape index (κ2) is 9.81. The number of rotatable bonds is 5. The van der Waals surface area contributed by atoms with Crippen LogP contribution in [-0.2, 0) is 6.54 Å². The fraction of sp³-hybridized carbons (Fsp3) is 0.286. The average molecular weight is 569 g/mol. The van der Waals surface area contributed by atoms with Crippen LogP contribution in [0.1, 0.15) is 41.1 Å². The van der Waals surface area contributed by atoms with Gasteiger partial charge in [-0.3, -0.25) is 9.59 Å². The summed E-state index contributed by atoms with van der Waals surface area (Å²) in [5.41, 5.74) is 1.20. The maximum Gasteiger partial charge on any atom is 0.264 e. The number of aromatic nitrogens is 3. The van der Waals surface area contributed by atoms with E-state index >= 15 is 0 Å². The Bertz CT molecular complexity index is 1810. The predicted octanol–water partition coefficient (Wildman–Crippen LogP) is 6.46. The van der Waals surface area contributed by atoms with Crippen molar-refractivity contribution < 1.29 is 18.2 Å². The molecule has 8 nitrogen and oxygen atoms in total. The van der Waals surface area contributed by atoms with E-state index in [0.717, 1.165) is 12.8 Å². The number of benzene rings is 2. The van der Waals surface area contributed by atoms with Gasteiger partial charge in [0.2, 0.25) is 0 Å². The lowest BCUT2D eigenvalue weighted by Crippen LogP contribution is -2.34. The topological polar surface area (TPSA) is 103 Å². The molecule has 1 aliphatic carbocycles. The first-order valence-corrected chi connectivity index (χ1v) is 13.3. The summed E-state index contributed by atoms with van der Waals surface area (Å²) in [5.74, 6) is -0.175. The number of hydrogen-bond acceptors (Lipinski definition) is 6. The molecule has 5 aromatic rings. The van der Waals surface area contributed by atoms with Crippen molar-refractivity contribution in [3.63, 3.8) is 0 Å². The maximum absolute atomic E-state index is 14.6. The van der Waals surface area contributed by atoms with Gasteiger partial charge in [0.15, 0.2) is 0 Å². The zero-order valence-electron chi connectivity index (χ0n) is 21.1. The van der Waals surface area contributed by atoms with Crippen LogP contribution in [0.4, 0.5) is 4.39 Å². The maximum atomic E-state index is 14.6. The normalized spacial score (nSPS) is 17.4. The zero-order valence-corrected chi connectivity index (χ0v) is 22.6. The summed E-state index contributed by atoms with van der Waals surface area (Å²) in [4.78, 5) is 26.8. The molecular weight excluding hydrogens is 546 g/mol. The van der Waals surface area contributed by atoms with Gasteiger partial charge in [-0.05, 0) is 63.3 Å². The molecule has 39 heavy (non-hydrogen) atoms. The number of aryl methyl sites for hydroxylation is 2. The lowest BCUT2D eigenvalue weighted by Gasteiger charge is -2.17. The third kappa shape index (κ3) is 4.30. The molecule has 1 fully saturated rings. The van der Waals surface area contributed by atoms with Gasteiger partial charge in [-0.25, -0.2) is 4.39 Å². The van der Waals surface area contributed by atoms with Crippen molar-refractivity contribution in [3.8, 4) is 11.3 Å². The number of amides is 1. The van der Waals surface area contributed by atoms with Crippen LogP contribution in [0.5, 0.6) is 0 Å². The predicted molar refractivity (Wildman–Crippen MR) is 146 cm³/mol. The number of carbonyl (C=O) groups excluding carboxylic acids is 1. The minimum Gasteiger partial charge on any atom is -0.360 e. The molecule has 3 aromatic heterocycles. The van der Waals surface area contributed by atoms with E-state index in [9.17, 15) is 14.0 Å². The molecule has 200 valence electrons. The van der Waals surface area contributed by atoms with Gasteiger partial charge in [0.05, 0.1) is 21.1 Å². The van der Waals surface area contributed by atoms with Gasteiger partial charge in [0.25, 0.3) is 11.5 Å². The summed E-state index contributed by atoms with van der Waals surface area (Å²) in [5, 5.41) is 12.8. The monoisotopic (exact) mass is 568 g/mol. The second-order valence-electron chi connectivity index (χ2n) is 9.92. The molecule has 2 atom stereocenters. The van der Waals surface area contributed by atoms with E-state index in [1.165, 1.54) is 18.2 Å². The summed E-state index contributed by atoms with van der Waals surface area (Å²) in [6, 6.07) is 9.54. The molecule has 2 aromatic carbocycles. The Morgan fingerprint density at radius 3 is 2.59 bits per heavy atom. The smallest absolute Gasteiger partial charge is 0.264 e. The molecule has 0 spiro atoms. The number of halogens is 3. The summed E-state index contributed by atoms with van der Waals surface area (Å²) >= 11 is 12.7. The molecule has 1 N–H and O–H groups in total. The van der Waals surface area contributed by atoms with Crippen LogP contribution in [0.15, 0.2) is 50.2 Å². The molecule has 0 saturated heterocycles. The molecule has 0 radical (unpaired) electrons. The Morgan fingerprint density at radius 1 is 1.05 bits per heavy atom. The summed E-state index contributed by atoms with van der Waals surface area (Å²) in [6.07, 6.45) is 2.17. The minimum atomic E-state index is -0.594. The Labute approximate surface area is 231 Å². The van der Waals surface area contributed by atoms with Crippen LogP contribution in [0.2, 0.25) is 10.0 Å². The average Bonchev–Trinajstić information content (AvgIpc) is 3.60. The van der Waals surface area contributed by atoms with Crippen molar-refractivity contribution in [1.82, 2.24) is 20.2 Å². The van der Waals surface area contributed by atoms with E-state index in [0.29, 0.717) is 45.6 Å². The van der Waals surface area contributed by atoms with E-state index in [1.54, 1.807) is 30.5 Å². The fourth-order valence-electron chi connectivity index (χ4n) is 5.61. The first-order chi connectivity index (χ1) is 18.7. The SMILES string of the molecule is Cc1onc(-c2c(F)cccc2Cl)c1C(=O)N[C@@H]1CC[C@H](Cn2c(=O)c3c(C)onc3c3c(Cl)cccc32)C1. The van der Waals surface area contributed by atoms with Gasteiger partial charge >= 0.3 is 0 Å². The van der Waals surface area contributed by atoms with E-state index in [-0.39, 0.29) is 45.1 Å². The molecule has 0 aliphatic heterocycles. The Kier molecular flexibility index (Phi) is 6.43. The third-order valence-electron chi connectivity index (χ3n) is 7.45. The Balaban J connectivity index is 1.25. The van der Waals surface area contributed by atoms with E-state index in [2.05, 4.69) is 15.6 Å². The van der Waals surface area contributed by atoms with Gasteiger partial charge < -0.3 is 18.9 Å². The number of fused-ring (bicyclic) bond motifs is 3. The number of nitrogens with zero attached hydrogens (tertiary/aromatic N) is 3. The largest absolute Gasteiger partial charge is 0.360 e. The molecular formula is C28H23Cl2FN4O4. The van der Waals surface area contributed by atoms with Crippen LogP contribution >= 0.6 is 23.2 Å².